The number of rotatable bonds is 3. The van der Waals surface area contributed by atoms with Crippen molar-refractivity contribution in [1.82, 2.24) is 10.2 Å². The Kier molecular flexibility index (Phi) is 3.58. The molecule has 1 amide bonds. The molecule has 2 atom stereocenters. The van der Waals surface area contributed by atoms with Crippen LogP contribution in [0.2, 0.25) is 0 Å². The van der Waals surface area contributed by atoms with E-state index in [0.29, 0.717) is 18.0 Å². The molecule has 20 heavy (non-hydrogen) atoms. The predicted molar refractivity (Wildman–Crippen MR) is 72.9 cm³/mol. The van der Waals surface area contributed by atoms with Gasteiger partial charge in [-0.15, -0.1) is 10.2 Å². The minimum absolute atomic E-state index is 0.198. The van der Waals surface area contributed by atoms with Crippen molar-refractivity contribution in [3.8, 4) is 0 Å². The van der Waals surface area contributed by atoms with Gasteiger partial charge < -0.3 is 15.2 Å². The van der Waals surface area contributed by atoms with Crippen molar-refractivity contribution in [3.05, 3.63) is 5.01 Å². The molecule has 7 heteroatoms. The molecule has 0 spiro atoms. The molecule has 1 saturated carbocycles. The number of amides is 1. The van der Waals surface area contributed by atoms with Crippen LogP contribution in [0.15, 0.2) is 0 Å². The van der Waals surface area contributed by atoms with Crippen LogP contribution in [0, 0.1) is 23.7 Å². The van der Waals surface area contributed by atoms with Crippen molar-refractivity contribution in [2.45, 2.75) is 40.5 Å². The highest BCUT2D eigenvalue weighted by molar-refractivity contribution is 7.15. The topological polar surface area (TPSA) is 95.0 Å². The minimum Gasteiger partial charge on any atom is -0.550 e. The monoisotopic (exact) mass is 296 g/mol. The SMILES string of the molecule is Cc1nnc(NC(=O)[C@H]2CC[C@](C)(C(=O)[O-])C2(C)C)s1. The van der Waals surface area contributed by atoms with Crippen molar-refractivity contribution in [1.29, 1.82) is 0 Å². The fourth-order valence-electron chi connectivity index (χ4n) is 2.86. The molecule has 0 aromatic carbocycles. The zero-order chi connectivity index (χ0) is 15.1. The first-order chi connectivity index (χ1) is 9.18. The number of carbonyl (C=O) groups excluding carboxylic acids is 2. The molecule has 1 N–H and O–H groups in total. The fraction of sp³-hybridized carbons (Fsp3) is 0.692. The summed E-state index contributed by atoms with van der Waals surface area (Å²) in [6.45, 7) is 7.08. The Morgan fingerprint density at radius 3 is 2.45 bits per heavy atom. The van der Waals surface area contributed by atoms with Crippen molar-refractivity contribution < 1.29 is 14.7 Å². The van der Waals surface area contributed by atoms with Gasteiger partial charge in [0.2, 0.25) is 11.0 Å². The fourth-order valence-corrected chi connectivity index (χ4v) is 3.46. The summed E-state index contributed by atoms with van der Waals surface area (Å²) in [7, 11) is 0. The van der Waals surface area contributed by atoms with Gasteiger partial charge >= 0.3 is 0 Å². The largest absolute Gasteiger partial charge is 0.550 e. The zero-order valence-electron chi connectivity index (χ0n) is 12.0. The molecule has 1 aromatic heterocycles. The van der Waals surface area contributed by atoms with Crippen molar-refractivity contribution in [2.24, 2.45) is 16.7 Å². The number of hydrogen-bond donors (Lipinski definition) is 1. The molecule has 1 heterocycles. The highest BCUT2D eigenvalue weighted by Gasteiger charge is 2.54. The number of nitrogens with one attached hydrogen (secondary N) is 1. The first kappa shape index (κ1) is 14.9. The second-order valence-corrected chi connectivity index (χ2v) is 7.23. The van der Waals surface area contributed by atoms with Gasteiger partial charge in [0, 0.05) is 17.3 Å². The average Bonchev–Trinajstić information content (AvgIpc) is 2.83. The molecule has 110 valence electrons. The van der Waals surface area contributed by atoms with Crippen LogP contribution in [-0.2, 0) is 9.59 Å². The van der Waals surface area contributed by atoms with Crippen LogP contribution >= 0.6 is 11.3 Å². The van der Waals surface area contributed by atoms with E-state index < -0.39 is 16.8 Å². The second-order valence-electron chi connectivity index (χ2n) is 6.05. The number of carboxylic acids is 1. The maximum absolute atomic E-state index is 12.4. The van der Waals surface area contributed by atoms with Crippen LogP contribution in [0.3, 0.4) is 0 Å². The summed E-state index contributed by atoms with van der Waals surface area (Å²) in [5.41, 5.74) is -1.66. The maximum Gasteiger partial charge on any atom is 0.229 e. The third-order valence-corrected chi connectivity index (χ3v) is 5.50. The maximum atomic E-state index is 12.4. The zero-order valence-corrected chi connectivity index (χ0v) is 12.8. The molecule has 1 fully saturated rings. The van der Waals surface area contributed by atoms with Crippen LogP contribution < -0.4 is 10.4 Å². The summed E-state index contributed by atoms with van der Waals surface area (Å²) in [4.78, 5) is 23.8. The number of aliphatic carboxylic acids is 1. The van der Waals surface area contributed by atoms with Gasteiger partial charge in [-0.25, -0.2) is 0 Å². The minimum atomic E-state index is -1.09. The van der Waals surface area contributed by atoms with E-state index in [1.807, 2.05) is 13.8 Å². The molecular formula is C13H18N3O3S-. The summed E-state index contributed by atoms with van der Waals surface area (Å²) >= 11 is 1.30. The molecule has 2 rings (SSSR count). The number of nitrogens with zero attached hydrogens (tertiary/aromatic N) is 2. The van der Waals surface area contributed by atoms with E-state index in [1.54, 1.807) is 13.8 Å². The molecule has 0 unspecified atom stereocenters. The first-order valence-corrected chi connectivity index (χ1v) is 7.32. The van der Waals surface area contributed by atoms with E-state index in [0.717, 1.165) is 5.01 Å². The number of carbonyl (C=O) groups is 2. The van der Waals surface area contributed by atoms with E-state index in [4.69, 9.17) is 0 Å². The van der Waals surface area contributed by atoms with Gasteiger partial charge in [-0.05, 0) is 25.2 Å². The Morgan fingerprint density at radius 2 is 2.00 bits per heavy atom. The summed E-state index contributed by atoms with van der Waals surface area (Å²) < 4.78 is 0. The molecule has 1 aromatic rings. The van der Waals surface area contributed by atoms with Gasteiger partial charge in [0.25, 0.3) is 0 Å². The quantitative estimate of drug-likeness (QED) is 0.897. The lowest BCUT2D eigenvalue weighted by Crippen LogP contribution is -2.49. The van der Waals surface area contributed by atoms with E-state index in [2.05, 4.69) is 15.5 Å². The van der Waals surface area contributed by atoms with Gasteiger partial charge in [0.15, 0.2) is 0 Å². The van der Waals surface area contributed by atoms with Crippen LogP contribution in [0.4, 0.5) is 5.13 Å². The molecule has 1 aliphatic carbocycles. The lowest BCUT2D eigenvalue weighted by molar-refractivity contribution is -0.323. The summed E-state index contributed by atoms with van der Waals surface area (Å²) in [5, 5.41) is 23.0. The van der Waals surface area contributed by atoms with Crippen molar-refractivity contribution >= 4 is 28.3 Å². The van der Waals surface area contributed by atoms with E-state index in [1.165, 1.54) is 11.3 Å². The van der Waals surface area contributed by atoms with Crippen LogP contribution in [0.25, 0.3) is 0 Å². The third kappa shape index (κ3) is 2.19. The number of anilines is 1. The van der Waals surface area contributed by atoms with E-state index in [-0.39, 0.29) is 11.8 Å². The molecule has 1 aliphatic rings. The standard InChI is InChI=1S/C13H19N3O3S/c1-7-15-16-11(20-7)14-9(17)8-5-6-13(4,10(18)19)12(8,2)3/h8H,5-6H2,1-4H3,(H,18,19)(H,14,16,17)/p-1/t8-,13-/m1/s1. The van der Waals surface area contributed by atoms with Gasteiger partial charge in [0.1, 0.15) is 5.01 Å². The molecule has 0 bridgehead atoms. The Balaban J connectivity index is 2.18. The lowest BCUT2D eigenvalue weighted by atomic mass is 9.65. The molecular weight excluding hydrogens is 278 g/mol. The molecule has 0 aliphatic heterocycles. The van der Waals surface area contributed by atoms with Gasteiger partial charge in [-0.3, -0.25) is 4.79 Å². The smallest absolute Gasteiger partial charge is 0.229 e. The summed E-state index contributed by atoms with van der Waals surface area (Å²) in [6.07, 6.45) is 0.969. The number of aryl methyl sites for hydroxylation is 1. The van der Waals surface area contributed by atoms with Gasteiger partial charge in [-0.2, -0.15) is 0 Å². The summed E-state index contributed by atoms with van der Waals surface area (Å²) in [5.74, 6) is -1.67. The van der Waals surface area contributed by atoms with Crippen LogP contribution in [0.5, 0.6) is 0 Å². The number of aromatic nitrogens is 2. The Labute approximate surface area is 121 Å². The Hall–Kier alpha value is -1.50. The van der Waals surface area contributed by atoms with Crippen LogP contribution in [-0.4, -0.2) is 22.1 Å². The highest BCUT2D eigenvalue weighted by atomic mass is 32.1. The molecule has 6 nitrogen and oxygen atoms in total. The van der Waals surface area contributed by atoms with Crippen molar-refractivity contribution in [3.63, 3.8) is 0 Å². The normalized spacial score (nSPS) is 28.3. The Morgan fingerprint density at radius 1 is 1.35 bits per heavy atom. The first-order valence-electron chi connectivity index (χ1n) is 6.51. The average molecular weight is 296 g/mol. The highest BCUT2D eigenvalue weighted by Crippen LogP contribution is 2.55. The predicted octanol–water partition coefficient (Wildman–Crippen LogP) is 0.977. The second kappa shape index (κ2) is 4.80. The summed E-state index contributed by atoms with van der Waals surface area (Å²) in [6, 6.07) is 0. The Bertz CT molecular complexity index is 555. The lowest BCUT2D eigenvalue weighted by Gasteiger charge is -2.41. The van der Waals surface area contributed by atoms with Gasteiger partial charge in [-0.1, -0.05) is 32.1 Å². The number of carboxylic acid groups (broad SMARTS) is 1. The molecule has 0 saturated heterocycles. The number of hydrogen-bond acceptors (Lipinski definition) is 6. The van der Waals surface area contributed by atoms with E-state index >= 15 is 0 Å². The third-order valence-electron chi connectivity index (χ3n) is 4.75. The van der Waals surface area contributed by atoms with E-state index in [9.17, 15) is 14.7 Å². The van der Waals surface area contributed by atoms with Crippen molar-refractivity contribution in [2.75, 3.05) is 5.32 Å². The molecule has 0 radical (unpaired) electrons. The van der Waals surface area contributed by atoms with Crippen LogP contribution in [0.1, 0.15) is 38.6 Å². The van der Waals surface area contributed by atoms with Gasteiger partial charge in [0.05, 0.1) is 0 Å².